The largest absolute Gasteiger partial charge is 0.481 e. The molecule has 0 atom stereocenters. The van der Waals surface area contributed by atoms with Gasteiger partial charge in [0.2, 0.25) is 0 Å². The Kier molecular flexibility index (Phi) is 6.49. The summed E-state index contributed by atoms with van der Waals surface area (Å²) in [6, 6.07) is 6.89. The van der Waals surface area contributed by atoms with E-state index in [4.69, 9.17) is 16.7 Å². The standard InChI is InChI=1S/C19H25ClN4O3/c1-12(2)17-15(11-21-24(17)14-7-5-13(20)6-8-14)22-18(27)23-19(3,4)10-9-16(25)26/h5-8,11-12H,9-10H2,1-4H3,(H,25,26)(H2,22,23,27). The fourth-order valence-electron chi connectivity index (χ4n) is 2.74. The van der Waals surface area contributed by atoms with E-state index >= 15 is 0 Å². The molecule has 8 heteroatoms. The van der Waals surface area contributed by atoms with E-state index in [1.807, 2.05) is 26.0 Å². The molecular weight excluding hydrogens is 368 g/mol. The summed E-state index contributed by atoms with van der Waals surface area (Å²) < 4.78 is 1.77. The van der Waals surface area contributed by atoms with Crippen molar-refractivity contribution in [2.75, 3.05) is 5.32 Å². The molecule has 27 heavy (non-hydrogen) atoms. The molecular formula is C19H25ClN4O3. The number of benzene rings is 1. The molecule has 2 aromatic rings. The van der Waals surface area contributed by atoms with E-state index < -0.39 is 17.5 Å². The highest BCUT2D eigenvalue weighted by atomic mass is 35.5. The van der Waals surface area contributed by atoms with Crippen molar-refractivity contribution in [1.29, 1.82) is 0 Å². The lowest BCUT2D eigenvalue weighted by Crippen LogP contribution is -2.45. The van der Waals surface area contributed by atoms with Crippen LogP contribution in [0, 0.1) is 0 Å². The number of carbonyl (C=O) groups excluding carboxylic acids is 1. The van der Waals surface area contributed by atoms with Crippen LogP contribution in [0.15, 0.2) is 30.5 Å². The fourth-order valence-corrected chi connectivity index (χ4v) is 2.87. The summed E-state index contributed by atoms with van der Waals surface area (Å²) in [7, 11) is 0. The van der Waals surface area contributed by atoms with E-state index in [0.717, 1.165) is 11.4 Å². The number of carbonyl (C=O) groups is 2. The minimum absolute atomic E-state index is 0.0149. The summed E-state index contributed by atoms with van der Waals surface area (Å²) in [5.74, 6) is -0.782. The SMILES string of the molecule is CC(C)c1c(NC(=O)NC(C)(C)CCC(=O)O)cnn1-c1ccc(Cl)cc1. The summed E-state index contributed by atoms with van der Waals surface area (Å²) in [5.41, 5.74) is 1.66. The molecule has 2 amide bonds. The van der Waals surface area contributed by atoms with Crippen LogP contribution >= 0.6 is 11.6 Å². The maximum atomic E-state index is 12.4. The van der Waals surface area contributed by atoms with Gasteiger partial charge in [-0.05, 0) is 50.5 Å². The van der Waals surface area contributed by atoms with Gasteiger partial charge in [-0.25, -0.2) is 9.48 Å². The van der Waals surface area contributed by atoms with Gasteiger partial charge in [-0.3, -0.25) is 4.79 Å². The summed E-state index contributed by atoms with van der Waals surface area (Å²) in [6.07, 6.45) is 1.92. The normalized spacial score (nSPS) is 11.5. The maximum absolute atomic E-state index is 12.4. The van der Waals surface area contributed by atoms with Gasteiger partial charge in [-0.2, -0.15) is 5.10 Å². The zero-order valence-corrected chi connectivity index (χ0v) is 16.7. The van der Waals surface area contributed by atoms with Crippen LogP contribution in [-0.2, 0) is 4.79 Å². The quantitative estimate of drug-likeness (QED) is 0.650. The molecule has 0 radical (unpaired) electrons. The summed E-state index contributed by atoms with van der Waals surface area (Å²) in [5, 5.41) is 19.5. The Bertz CT molecular complexity index is 813. The Hall–Kier alpha value is -2.54. The van der Waals surface area contributed by atoms with Gasteiger partial charge in [0.25, 0.3) is 0 Å². The van der Waals surface area contributed by atoms with E-state index in [0.29, 0.717) is 17.1 Å². The molecule has 1 aromatic carbocycles. The van der Waals surface area contributed by atoms with Crippen LogP contribution in [0.2, 0.25) is 5.02 Å². The van der Waals surface area contributed by atoms with Gasteiger partial charge in [-0.1, -0.05) is 25.4 Å². The van der Waals surface area contributed by atoms with E-state index in [1.54, 1.807) is 36.9 Å². The number of aromatic nitrogens is 2. The molecule has 0 bridgehead atoms. The second-order valence-electron chi connectivity index (χ2n) is 7.34. The number of nitrogens with zero attached hydrogens (tertiary/aromatic N) is 2. The Morgan fingerprint density at radius 2 is 1.89 bits per heavy atom. The number of anilines is 1. The molecule has 0 spiro atoms. The van der Waals surface area contributed by atoms with Crippen LogP contribution in [0.25, 0.3) is 5.69 Å². The Balaban J connectivity index is 2.18. The summed E-state index contributed by atoms with van der Waals surface area (Å²) in [4.78, 5) is 23.2. The average molecular weight is 393 g/mol. The third-order valence-corrected chi connectivity index (χ3v) is 4.34. The molecule has 1 aromatic heterocycles. The predicted molar refractivity (Wildman–Crippen MR) is 106 cm³/mol. The molecule has 0 saturated heterocycles. The van der Waals surface area contributed by atoms with Crippen molar-refractivity contribution in [3.63, 3.8) is 0 Å². The molecule has 3 N–H and O–H groups in total. The van der Waals surface area contributed by atoms with Gasteiger partial charge in [0.1, 0.15) is 0 Å². The first-order valence-corrected chi connectivity index (χ1v) is 9.11. The van der Waals surface area contributed by atoms with E-state index in [-0.39, 0.29) is 12.3 Å². The number of hydrogen-bond acceptors (Lipinski definition) is 3. The Labute approximate surface area is 163 Å². The number of rotatable bonds is 7. The highest BCUT2D eigenvalue weighted by Gasteiger charge is 2.23. The first-order valence-electron chi connectivity index (χ1n) is 8.74. The molecule has 0 aliphatic heterocycles. The van der Waals surface area contributed by atoms with Crippen molar-refractivity contribution < 1.29 is 14.7 Å². The third-order valence-electron chi connectivity index (χ3n) is 4.09. The number of nitrogens with one attached hydrogen (secondary N) is 2. The van der Waals surface area contributed by atoms with Gasteiger partial charge in [0.15, 0.2) is 0 Å². The molecule has 0 saturated carbocycles. The lowest BCUT2D eigenvalue weighted by molar-refractivity contribution is -0.137. The van der Waals surface area contributed by atoms with Crippen molar-refractivity contribution in [1.82, 2.24) is 15.1 Å². The number of carboxylic acid groups (broad SMARTS) is 1. The molecule has 0 aliphatic carbocycles. The second kappa shape index (κ2) is 8.43. The average Bonchev–Trinajstić information content (AvgIpc) is 2.97. The van der Waals surface area contributed by atoms with Gasteiger partial charge < -0.3 is 15.7 Å². The first kappa shape index (κ1) is 20.8. The van der Waals surface area contributed by atoms with Crippen LogP contribution in [0.4, 0.5) is 10.5 Å². The van der Waals surface area contributed by atoms with E-state index in [9.17, 15) is 9.59 Å². The topological polar surface area (TPSA) is 96.2 Å². The highest BCUT2D eigenvalue weighted by Crippen LogP contribution is 2.27. The fraction of sp³-hybridized carbons (Fsp3) is 0.421. The maximum Gasteiger partial charge on any atom is 0.319 e. The van der Waals surface area contributed by atoms with Crippen molar-refractivity contribution in [3.8, 4) is 5.69 Å². The van der Waals surface area contributed by atoms with Crippen LogP contribution in [0.1, 0.15) is 52.1 Å². The van der Waals surface area contributed by atoms with Crippen LogP contribution in [0.3, 0.4) is 0 Å². The smallest absolute Gasteiger partial charge is 0.319 e. The molecule has 0 aliphatic rings. The van der Waals surface area contributed by atoms with Crippen LogP contribution in [-0.4, -0.2) is 32.4 Å². The Morgan fingerprint density at radius 1 is 1.26 bits per heavy atom. The van der Waals surface area contributed by atoms with Gasteiger partial charge in [0, 0.05) is 17.0 Å². The molecule has 146 valence electrons. The van der Waals surface area contributed by atoms with Crippen LogP contribution in [0.5, 0.6) is 0 Å². The minimum atomic E-state index is -0.892. The zero-order valence-electron chi connectivity index (χ0n) is 15.9. The molecule has 0 unspecified atom stereocenters. The molecule has 2 rings (SSSR count). The van der Waals surface area contributed by atoms with E-state index in [1.165, 1.54) is 0 Å². The number of amides is 2. The second-order valence-corrected chi connectivity index (χ2v) is 7.78. The van der Waals surface area contributed by atoms with Crippen molar-refractivity contribution >= 4 is 29.3 Å². The number of hydrogen-bond donors (Lipinski definition) is 3. The number of halogens is 1. The molecule has 0 fully saturated rings. The molecule has 7 nitrogen and oxygen atoms in total. The summed E-state index contributed by atoms with van der Waals surface area (Å²) >= 11 is 5.95. The zero-order chi connectivity index (χ0) is 20.2. The number of urea groups is 1. The third kappa shape index (κ3) is 5.72. The first-order chi connectivity index (χ1) is 12.6. The van der Waals surface area contributed by atoms with Gasteiger partial charge >= 0.3 is 12.0 Å². The van der Waals surface area contributed by atoms with Crippen molar-refractivity contribution in [2.45, 2.75) is 52.0 Å². The summed E-state index contributed by atoms with van der Waals surface area (Å²) in [6.45, 7) is 7.61. The minimum Gasteiger partial charge on any atom is -0.481 e. The monoisotopic (exact) mass is 392 g/mol. The number of aliphatic carboxylic acids is 1. The van der Waals surface area contributed by atoms with E-state index in [2.05, 4.69) is 15.7 Å². The lowest BCUT2D eigenvalue weighted by Gasteiger charge is -2.25. The van der Waals surface area contributed by atoms with Crippen LogP contribution < -0.4 is 10.6 Å². The highest BCUT2D eigenvalue weighted by molar-refractivity contribution is 6.30. The van der Waals surface area contributed by atoms with Gasteiger partial charge in [-0.15, -0.1) is 0 Å². The predicted octanol–water partition coefficient (Wildman–Crippen LogP) is 4.41. The molecule has 1 heterocycles. The lowest BCUT2D eigenvalue weighted by atomic mass is 9.99. The number of carboxylic acids is 1. The van der Waals surface area contributed by atoms with Gasteiger partial charge in [0.05, 0.1) is 23.3 Å². The van der Waals surface area contributed by atoms with Crippen molar-refractivity contribution in [3.05, 3.63) is 41.2 Å². The Morgan fingerprint density at radius 3 is 2.44 bits per heavy atom. The van der Waals surface area contributed by atoms with Crippen molar-refractivity contribution in [2.24, 2.45) is 0 Å².